The minimum atomic E-state index is 0.0795. The first-order chi connectivity index (χ1) is 6.70. The summed E-state index contributed by atoms with van der Waals surface area (Å²) < 4.78 is 0. The molecule has 1 rings (SSSR count). The van der Waals surface area contributed by atoms with E-state index in [1.165, 1.54) is 0 Å². The largest absolute Gasteiger partial charge is 0.400 e. The van der Waals surface area contributed by atoms with Gasteiger partial charge in [0.05, 0.1) is 0 Å². The van der Waals surface area contributed by atoms with Crippen molar-refractivity contribution >= 4 is 18.4 Å². The summed E-state index contributed by atoms with van der Waals surface area (Å²) >= 11 is 4.10. The minimum absolute atomic E-state index is 0.0795. The van der Waals surface area contributed by atoms with Gasteiger partial charge in [-0.25, -0.2) is 0 Å². The molecule has 14 heavy (non-hydrogen) atoms. The summed E-state index contributed by atoms with van der Waals surface area (Å²) in [6.07, 6.45) is 0. The summed E-state index contributed by atoms with van der Waals surface area (Å²) in [5.74, 6) is 0.0795. The highest BCUT2D eigenvalue weighted by Crippen LogP contribution is 2.08. The Morgan fingerprint density at radius 3 is 2.07 bits per heavy atom. The molecule has 1 aromatic rings. The van der Waals surface area contributed by atoms with Crippen LogP contribution >= 0.6 is 12.6 Å². The number of hydrogen-bond donors (Lipinski definition) is 2. The molecule has 1 aromatic carbocycles. The molecule has 0 saturated heterocycles. The molecule has 0 unspecified atom stereocenters. The summed E-state index contributed by atoms with van der Waals surface area (Å²) in [4.78, 5) is 11.6. The minimum Gasteiger partial charge on any atom is -0.400 e. The third-order valence-corrected chi connectivity index (χ3v) is 1.53. The van der Waals surface area contributed by atoms with Crippen LogP contribution in [0.15, 0.2) is 29.2 Å². The van der Waals surface area contributed by atoms with E-state index in [0.717, 1.165) is 12.0 Å². The number of carbonyl (C=O) groups is 1. The zero-order valence-electron chi connectivity index (χ0n) is 9.11. The van der Waals surface area contributed by atoms with E-state index in [1.807, 2.05) is 26.0 Å². The Morgan fingerprint density at radius 1 is 1.29 bits per heavy atom. The van der Waals surface area contributed by atoms with Gasteiger partial charge in [0, 0.05) is 17.6 Å². The van der Waals surface area contributed by atoms with Gasteiger partial charge >= 0.3 is 0 Å². The molecule has 0 bridgehead atoms. The van der Waals surface area contributed by atoms with Crippen molar-refractivity contribution in [1.29, 1.82) is 0 Å². The molecule has 0 fully saturated rings. The molecule has 3 heteroatoms. The number of ketones is 1. The molecular weight excluding hydrogens is 196 g/mol. The molecular formula is C11H18O2S. The normalized spacial score (nSPS) is 7.57. The molecule has 0 saturated carbocycles. The number of aliphatic hydroxyl groups excluding tert-OH is 1. The van der Waals surface area contributed by atoms with Gasteiger partial charge in [-0.05, 0) is 19.1 Å². The Kier molecular flexibility index (Phi) is 11.5. The Balaban J connectivity index is 0. The third kappa shape index (κ3) is 6.69. The fourth-order valence-electron chi connectivity index (χ4n) is 0.725. The summed E-state index contributed by atoms with van der Waals surface area (Å²) in [6.45, 7) is 5.54. The molecule has 0 heterocycles. The highest BCUT2D eigenvalue weighted by molar-refractivity contribution is 7.80. The molecule has 0 aromatic heterocycles. The van der Waals surface area contributed by atoms with Crippen LogP contribution in [0.2, 0.25) is 0 Å². The highest BCUT2D eigenvalue weighted by atomic mass is 32.1. The number of rotatable bonds is 1. The second kappa shape index (κ2) is 10.3. The molecule has 0 aliphatic rings. The van der Waals surface area contributed by atoms with Crippen LogP contribution in [0.3, 0.4) is 0 Å². The third-order valence-electron chi connectivity index (χ3n) is 1.25. The van der Waals surface area contributed by atoms with E-state index in [0.29, 0.717) is 5.56 Å². The van der Waals surface area contributed by atoms with Crippen LogP contribution in [0, 0.1) is 0 Å². The van der Waals surface area contributed by atoms with Gasteiger partial charge in [0.1, 0.15) is 0 Å². The van der Waals surface area contributed by atoms with Crippen molar-refractivity contribution in [2.45, 2.75) is 25.7 Å². The molecule has 0 radical (unpaired) electrons. The fourth-order valence-corrected chi connectivity index (χ4v) is 0.950. The zero-order valence-corrected chi connectivity index (χ0v) is 10.0. The lowest BCUT2D eigenvalue weighted by Crippen LogP contribution is -1.89. The maximum absolute atomic E-state index is 10.8. The monoisotopic (exact) mass is 214 g/mol. The van der Waals surface area contributed by atoms with Gasteiger partial charge in [0.15, 0.2) is 5.78 Å². The van der Waals surface area contributed by atoms with Crippen molar-refractivity contribution in [2.24, 2.45) is 0 Å². The number of Topliss-reactive ketones (excluding diaryl/α,β-unsaturated/α-hetero) is 1. The van der Waals surface area contributed by atoms with Crippen molar-refractivity contribution in [1.82, 2.24) is 0 Å². The summed E-state index contributed by atoms with van der Waals surface area (Å²) in [7, 11) is 1.00. The fraction of sp³-hybridized carbons (Fsp3) is 0.364. The number of benzene rings is 1. The van der Waals surface area contributed by atoms with E-state index in [9.17, 15) is 4.79 Å². The lowest BCUT2D eigenvalue weighted by atomic mass is 10.2. The maximum Gasteiger partial charge on any atom is 0.159 e. The van der Waals surface area contributed by atoms with Crippen LogP contribution < -0.4 is 0 Å². The Bertz CT molecular complexity index is 259. The van der Waals surface area contributed by atoms with Crippen LogP contribution in [-0.4, -0.2) is 18.0 Å². The average Bonchev–Trinajstić information content (AvgIpc) is 2.24. The van der Waals surface area contributed by atoms with Crippen LogP contribution in [-0.2, 0) is 0 Å². The lowest BCUT2D eigenvalue weighted by Gasteiger charge is -1.94. The van der Waals surface area contributed by atoms with Crippen molar-refractivity contribution in [3.8, 4) is 0 Å². The van der Waals surface area contributed by atoms with Crippen molar-refractivity contribution in [3.63, 3.8) is 0 Å². The van der Waals surface area contributed by atoms with E-state index in [1.54, 1.807) is 19.1 Å². The molecule has 1 N–H and O–H groups in total. The predicted molar refractivity (Wildman–Crippen MR) is 63.2 cm³/mol. The quantitative estimate of drug-likeness (QED) is 0.557. The van der Waals surface area contributed by atoms with E-state index in [4.69, 9.17) is 5.11 Å². The second-order valence-electron chi connectivity index (χ2n) is 2.11. The predicted octanol–water partition coefficient (Wildman–Crippen LogP) is 2.81. The van der Waals surface area contributed by atoms with E-state index >= 15 is 0 Å². The van der Waals surface area contributed by atoms with Crippen LogP contribution in [0.4, 0.5) is 0 Å². The molecule has 0 atom stereocenters. The van der Waals surface area contributed by atoms with Gasteiger partial charge in [0.2, 0.25) is 0 Å². The van der Waals surface area contributed by atoms with E-state index < -0.39 is 0 Å². The maximum atomic E-state index is 10.8. The van der Waals surface area contributed by atoms with Gasteiger partial charge in [0.25, 0.3) is 0 Å². The first kappa shape index (κ1) is 15.7. The number of aliphatic hydroxyl groups is 1. The Labute approximate surface area is 91.4 Å². The standard InChI is InChI=1S/C8H8OS.C2H6.CH4O/c1-6(9)7-3-2-4-8(10)5-7;2*1-2/h2-5,10H,1H3;1-2H3;2H,1H3. The van der Waals surface area contributed by atoms with E-state index in [-0.39, 0.29) is 5.78 Å². The van der Waals surface area contributed by atoms with Gasteiger partial charge in [-0.15, -0.1) is 12.6 Å². The average molecular weight is 214 g/mol. The second-order valence-corrected chi connectivity index (χ2v) is 2.62. The summed E-state index contributed by atoms with van der Waals surface area (Å²) in [5.41, 5.74) is 0.715. The van der Waals surface area contributed by atoms with Crippen LogP contribution in [0.1, 0.15) is 31.1 Å². The van der Waals surface area contributed by atoms with Gasteiger partial charge in [-0.1, -0.05) is 26.0 Å². The Hall–Kier alpha value is -0.800. The number of carbonyl (C=O) groups excluding carboxylic acids is 1. The summed E-state index contributed by atoms with van der Waals surface area (Å²) in [5, 5.41) is 7.00. The van der Waals surface area contributed by atoms with E-state index in [2.05, 4.69) is 12.6 Å². The topological polar surface area (TPSA) is 37.3 Å². The van der Waals surface area contributed by atoms with Gasteiger partial charge in [-0.3, -0.25) is 4.79 Å². The molecule has 0 spiro atoms. The Morgan fingerprint density at radius 2 is 1.79 bits per heavy atom. The van der Waals surface area contributed by atoms with Crippen molar-refractivity contribution < 1.29 is 9.90 Å². The lowest BCUT2D eigenvalue weighted by molar-refractivity contribution is 0.101. The van der Waals surface area contributed by atoms with Crippen molar-refractivity contribution in [3.05, 3.63) is 29.8 Å². The first-order valence-electron chi connectivity index (χ1n) is 4.45. The number of hydrogen-bond acceptors (Lipinski definition) is 3. The highest BCUT2D eigenvalue weighted by Gasteiger charge is 1.96. The van der Waals surface area contributed by atoms with Gasteiger partial charge < -0.3 is 5.11 Å². The molecule has 0 aliphatic carbocycles. The first-order valence-corrected chi connectivity index (χ1v) is 4.89. The molecule has 0 amide bonds. The molecule has 2 nitrogen and oxygen atoms in total. The number of thiol groups is 1. The molecule has 80 valence electrons. The smallest absolute Gasteiger partial charge is 0.159 e. The zero-order chi connectivity index (χ0) is 11.6. The van der Waals surface area contributed by atoms with Crippen LogP contribution in [0.25, 0.3) is 0 Å². The van der Waals surface area contributed by atoms with Crippen LogP contribution in [0.5, 0.6) is 0 Å². The SMILES string of the molecule is CC.CC(=O)c1cccc(S)c1.CO. The molecule has 0 aliphatic heterocycles. The summed E-state index contributed by atoms with van der Waals surface area (Å²) in [6, 6.07) is 7.20. The van der Waals surface area contributed by atoms with Gasteiger partial charge in [-0.2, -0.15) is 0 Å². The van der Waals surface area contributed by atoms with Crippen molar-refractivity contribution in [2.75, 3.05) is 7.11 Å².